The van der Waals surface area contributed by atoms with Crippen LogP contribution in [0.4, 0.5) is 0 Å². The molecule has 0 spiro atoms. The van der Waals surface area contributed by atoms with Gasteiger partial charge >= 0.3 is 23.9 Å². The molecular weight excluding hydrogens is 1250 g/mol. The first-order valence-electron chi connectivity index (χ1n) is 35.9. The van der Waals surface area contributed by atoms with Crippen molar-refractivity contribution in [3.8, 4) is 0 Å². The molecule has 6 fully saturated rings. The lowest BCUT2D eigenvalue weighted by molar-refractivity contribution is -0.399. The molecule has 26 atom stereocenters. The first kappa shape index (κ1) is 79.5. The normalized spacial score (nSPS) is 38.5. The highest BCUT2D eigenvalue weighted by Crippen LogP contribution is 2.40. The Bertz CT molecular complexity index is 2470. The van der Waals surface area contributed by atoms with Crippen LogP contribution < -0.4 is 0 Å². The predicted octanol–water partition coefficient (Wildman–Crippen LogP) is 7.21. The molecule has 0 saturated carbocycles. The van der Waals surface area contributed by atoms with Gasteiger partial charge in [0.2, 0.25) is 0 Å². The van der Waals surface area contributed by atoms with E-state index in [9.17, 15) is 54.9 Å². The van der Waals surface area contributed by atoms with Crippen LogP contribution in [0.5, 0.6) is 0 Å². The SMILES string of the molecule is CCCCCCCCCCCC(=O)O[C@@H]1[C@@H](O)[C@@H](OC(=O)C=Cc2ccccc2)[C@H](O[C@@H]2[C@@H](O[C@@H]3O[C@@H](C)[C@H](O)[C@@H](O)[C@H]3O)[C@@H](OC(=O)C(C)C)[C@H](O[C@@H]3[C@@H](O)[C@H]4OC(=O)CCCCCCCCC[C@H](CCCCC)O[C@@H]5O[C@H](C)[C@H](O)[C@H](O)[C@H]5O[C@@H]4O[C@H]3C)O[C@H]2C)O[C@H]1C. The molecule has 1 aromatic rings. The number of fused-ring (bicyclic) bond motifs is 2. The summed E-state index contributed by atoms with van der Waals surface area (Å²) >= 11 is 0. The molecule has 0 unspecified atom stereocenters. The summed E-state index contributed by atoms with van der Waals surface area (Å²) in [6, 6.07) is 8.87. The number of hydrogen-bond acceptors (Lipinski definition) is 25. The molecule has 0 bridgehead atoms. The Hall–Kier alpha value is -3.84. The molecule has 6 saturated heterocycles. The van der Waals surface area contributed by atoms with Crippen molar-refractivity contribution in [2.45, 2.75) is 370 Å². The van der Waals surface area contributed by atoms with Gasteiger partial charge in [0.25, 0.3) is 0 Å². The molecule has 0 amide bonds. The second-order valence-electron chi connectivity index (χ2n) is 27.3. The summed E-state index contributed by atoms with van der Waals surface area (Å²) in [7, 11) is 0. The summed E-state index contributed by atoms with van der Waals surface area (Å²) in [6.07, 6.45) is -17.4. The van der Waals surface area contributed by atoms with E-state index in [0.29, 0.717) is 31.2 Å². The van der Waals surface area contributed by atoms with E-state index < -0.39 is 183 Å². The van der Waals surface area contributed by atoms with Crippen LogP contribution in [0.1, 0.15) is 216 Å². The van der Waals surface area contributed by atoms with Crippen LogP contribution in [-0.2, 0) is 85.5 Å². The van der Waals surface area contributed by atoms with Gasteiger partial charge < -0.3 is 102 Å². The third-order valence-electron chi connectivity index (χ3n) is 19.1. The number of esters is 4. The molecule has 6 aliphatic rings. The van der Waals surface area contributed by atoms with E-state index in [1.54, 1.807) is 51.1 Å². The topological polar surface area (TPSA) is 339 Å². The van der Waals surface area contributed by atoms with Crippen molar-refractivity contribution in [2.75, 3.05) is 0 Å². The highest BCUT2D eigenvalue weighted by Gasteiger charge is 2.59. The van der Waals surface area contributed by atoms with Gasteiger partial charge in [-0.3, -0.25) is 14.4 Å². The van der Waals surface area contributed by atoms with Gasteiger partial charge in [0, 0.05) is 18.9 Å². The highest BCUT2D eigenvalue weighted by molar-refractivity contribution is 5.87. The van der Waals surface area contributed by atoms with Crippen LogP contribution in [0.3, 0.4) is 0 Å². The first-order valence-corrected chi connectivity index (χ1v) is 35.9. The van der Waals surface area contributed by atoms with Crippen molar-refractivity contribution >= 4 is 30.0 Å². The molecular formula is C71H114O25. The number of aliphatic hydroxyl groups excluding tert-OH is 7. The van der Waals surface area contributed by atoms with Crippen molar-refractivity contribution in [2.24, 2.45) is 5.92 Å². The summed E-state index contributed by atoms with van der Waals surface area (Å²) < 4.78 is 89.4. The smallest absolute Gasteiger partial charge is 0.331 e. The molecule has 6 heterocycles. The summed E-state index contributed by atoms with van der Waals surface area (Å²) in [4.78, 5) is 55.5. The van der Waals surface area contributed by atoms with Crippen molar-refractivity contribution in [1.82, 2.24) is 0 Å². The van der Waals surface area contributed by atoms with Gasteiger partial charge in [-0.2, -0.15) is 0 Å². The zero-order valence-corrected chi connectivity index (χ0v) is 57.9. The summed E-state index contributed by atoms with van der Waals surface area (Å²) in [5.74, 6) is -3.96. The second-order valence-corrected chi connectivity index (χ2v) is 27.3. The van der Waals surface area contributed by atoms with Crippen LogP contribution in [-0.4, -0.2) is 219 Å². The van der Waals surface area contributed by atoms with Gasteiger partial charge in [-0.25, -0.2) is 4.79 Å². The Balaban J connectivity index is 1.21. The maximum Gasteiger partial charge on any atom is 0.331 e. The van der Waals surface area contributed by atoms with E-state index in [2.05, 4.69) is 13.8 Å². The summed E-state index contributed by atoms with van der Waals surface area (Å²) in [5, 5.41) is 81.7. The van der Waals surface area contributed by atoms with Crippen LogP contribution >= 0.6 is 0 Å². The number of benzene rings is 1. The lowest BCUT2D eigenvalue weighted by atomic mass is 9.95. The molecule has 96 heavy (non-hydrogen) atoms. The molecule has 1 aromatic carbocycles. The van der Waals surface area contributed by atoms with Gasteiger partial charge in [-0.1, -0.05) is 167 Å². The molecule has 6 aliphatic heterocycles. The lowest BCUT2D eigenvalue weighted by Crippen LogP contribution is -2.68. The highest BCUT2D eigenvalue weighted by atomic mass is 16.8. The number of carbonyl (C=O) groups is 4. The quantitative estimate of drug-likeness (QED) is 0.0208. The van der Waals surface area contributed by atoms with E-state index in [-0.39, 0.29) is 18.9 Å². The second kappa shape index (κ2) is 40.0. The minimum absolute atomic E-state index is 0.0416. The fourth-order valence-corrected chi connectivity index (χ4v) is 13.2. The molecule has 0 radical (unpaired) electrons. The molecule has 7 N–H and O–H groups in total. The van der Waals surface area contributed by atoms with Crippen molar-refractivity contribution in [1.29, 1.82) is 0 Å². The standard InChI is InChI=1S/C71H114O25/c1-10-12-14-15-16-17-20-23-30-36-48(72)89-58-43(7)85-69(62(56(58)80)91-50(74)39-38-46-32-27-25-28-33-46)94-60-45(9)87-71(65(92-66(82)40(3)4)64(60)96-67-55(79)53(77)51(75)41(5)83-67)93-59-44(8)86-70-63(57(59)81)90-49(73)37-31-24-21-18-19-22-29-35-47(34-26-13-11-2)88-68-61(95-70)54(78)52(76)42(6)84-68/h25,27-28,32-33,38-45,47,51-65,67-71,75-81H,10-24,26,29-31,34-37H2,1-9H3/t41-,42+,43-,44-,45-,47-,51-,52-,53+,54-,55+,56+,57+,58-,59-,60-,61+,62+,63+,64+,65+,67-,68-,69-,70-,71-/m0/s1. The van der Waals surface area contributed by atoms with Gasteiger partial charge in [-0.05, 0) is 71.9 Å². The zero-order chi connectivity index (χ0) is 69.6. The Morgan fingerprint density at radius 3 is 1.71 bits per heavy atom. The van der Waals surface area contributed by atoms with Crippen molar-refractivity contribution in [3.63, 3.8) is 0 Å². The average Bonchev–Trinajstić information content (AvgIpc) is 0.769. The number of unbranched alkanes of at least 4 members (excludes halogenated alkanes) is 10. The third kappa shape index (κ3) is 22.8. The van der Waals surface area contributed by atoms with E-state index in [1.807, 2.05) is 0 Å². The van der Waals surface area contributed by atoms with Crippen LogP contribution in [0.15, 0.2) is 36.4 Å². The van der Waals surface area contributed by atoms with E-state index in [1.165, 1.54) is 46.6 Å². The fraction of sp³-hybridized carbons (Fsp3) is 0.831. The number of ether oxygens (including phenoxy) is 14. The molecule has 7 rings (SSSR count). The summed E-state index contributed by atoms with van der Waals surface area (Å²) in [6.45, 7) is 15.0. The van der Waals surface area contributed by atoms with Crippen molar-refractivity contribution < 1.29 is 121 Å². The van der Waals surface area contributed by atoms with Gasteiger partial charge in [0.05, 0.1) is 42.5 Å². The predicted molar refractivity (Wildman–Crippen MR) is 345 cm³/mol. The Morgan fingerprint density at radius 2 is 1.03 bits per heavy atom. The van der Waals surface area contributed by atoms with E-state index >= 15 is 0 Å². The van der Waals surface area contributed by atoms with Crippen molar-refractivity contribution in [3.05, 3.63) is 42.0 Å². The molecule has 0 aromatic heterocycles. The lowest BCUT2D eigenvalue weighted by Gasteiger charge is -2.51. The van der Waals surface area contributed by atoms with E-state index in [0.717, 1.165) is 102 Å². The minimum atomic E-state index is -1.95. The van der Waals surface area contributed by atoms with Crippen LogP contribution in [0.25, 0.3) is 6.08 Å². The first-order chi connectivity index (χ1) is 46.0. The number of hydrogen-bond donors (Lipinski definition) is 7. The third-order valence-corrected chi connectivity index (χ3v) is 19.1. The van der Waals surface area contributed by atoms with Gasteiger partial charge in [0.1, 0.15) is 67.1 Å². The fourth-order valence-electron chi connectivity index (χ4n) is 13.2. The Labute approximate surface area is 566 Å². The average molecular weight is 1370 g/mol. The Kier molecular flexibility index (Phi) is 33.1. The molecule has 548 valence electrons. The Morgan fingerprint density at radius 1 is 0.490 bits per heavy atom. The monoisotopic (exact) mass is 1370 g/mol. The molecule has 0 aliphatic carbocycles. The van der Waals surface area contributed by atoms with E-state index in [4.69, 9.17) is 66.3 Å². The molecule has 25 heteroatoms. The maximum absolute atomic E-state index is 14.2. The van der Waals surface area contributed by atoms with Gasteiger partial charge in [-0.15, -0.1) is 0 Å². The molecule has 25 nitrogen and oxygen atoms in total. The maximum atomic E-state index is 14.2. The van der Waals surface area contributed by atoms with Gasteiger partial charge in [0.15, 0.2) is 55.9 Å². The van der Waals surface area contributed by atoms with Crippen LogP contribution in [0.2, 0.25) is 0 Å². The largest absolute Gasteiger partial charge is 0.457 e. The number of rotatable bonds is 26. The summed E-state index contributed by atoms with van der Waals surface area (Å²) in [5.41, 5.74) is 0.647. The van der Waals surface area contributed by atoms with Crippen LogP contribution in [0, 0.1) is 5.92 Å². The number of aliphatic hydroxyl groups is 7. The minimum Gasteiger partial charge on any atom is -0.457 e. The zero-order valence-electron chi connectivity index (χ0n) is 57.9. The number of carbonyl (C=O) groups excluding carboxylic acids is 4.